The van der Waals surface area contributed by atoms with Gasteiger partial charge in [0.05, 0.1) is 0 Å². The van der Waals surface area contributed by atoms with E-state index in [1.807, 2.05) is 13.0 Å². The molecule has 1 aromatic carbocycles. The molecule has 0 amide bonds. The smallest absolute Gasteiger partial charge is 0.179 e. The molecule has 0 unspecified atom stereocenters. The molecule has 2 rings (SSSR count). The molecular weight excluding hydrogens is 300 g/mol. The van der Waals surface area contributed by atoms with Crippen molar-refractivity contribution in [3.63, 3.8) is 0 Å². The van der Waals surface area contributed by atoms with Crippen LogP contribution in [-0.2, 0) is 14.3 Å². The standard InChI is InChI=1S/C18H19ClO3/c1-11-10-12(8-9-19)6-7-13(11)14-15(20)17(2,3)22-18(4,5)16(14)21/h6-7,10,14H,1-5H3. The number of hydrogen-bond donors (Lipinski definition) is 0. The maximum absolute atomic E-state index is 12.7. The summed E-state index contributed by atoms with van der Waals surface area (Å²) in [5, 5.41) is 2.32. The summed E-state index contributed by atoms with van der Waals surface area (Å²) in [5.41, 5.74) is 0.310. The fourth-order valence-corrected chi connectivity index (χ4v) is 3.08. The predicted molar refractivity (Wildman–Crippen MR) is 85.9 cm³/mol. The van der Waals surface area contributed by atoms with Crippen LogP contribution in [0.2, 0.25) is 0 Å². The Kier molecular flexibility index (Phi) is 4.21. The zero-order valence-corrected chi connectivity index (χ0v) is 14.2. The van der Waals surface area contributed by atoms with Gasteiger partial charge < -0.3 is 4.74 Å². The second-order valence-electron chi connectivity index (χ2n) is 6.58. The van der Waals surface area contributed by atoms with E-state index in [0.29, 0.717) is 5.56 Å². The second-order valence-corrected chi connectivity index (χ2v) is 6.76. The van der Waals surface area contributed by atoms with E-state index in [2.05, 4.69) is 11.3 Å². The van der Waals surface area contributed by atoms with Gasteiger partial charge in [0.25, 0.3) is 0 Å². The van der Waals surface area contributed by atoms with Gasteiger partial charge in [-0.05, 0) is 75.4 Å². The van der Waals surface area contributed by atoms with E-state index in [4.69, 9.17) is 16.3 Å². The highest BCUT2D eigenvalue weighted by Crippen LogP contribution is 2.39. The third-order valence-corrected chi connectivity index (χ3v) is 4.09. The first-order valence-corrected chi connectivity index (χ1v) is 7.49. The van der Waals surface area contributed by atoms with Crippen LogP contribution in [0.25, 0.3) is 0 Å². The Labute approximate surface area is 136 Å². The van der Waals surface area contributed by atoms with E-state index in [9.17, 15) is 9.59 Å². The zero-order chi connectivity index (χ0) is 16.7. The van der Waals surface area contributed by atoms with Crippen LogP contribution in [-0.4, -0.2) is 22.8 Å². The first kappa shape index (κ1) is 16.7. The quantitative estimate of drug-likeness (QED) is 0.589. The molecule has 1 fully saturated rings. The number of carbonyl (C=O) groups is 2. The summed E-state index contributed by atoms with van der Waals surface area (Å²) in [6.07, 6.45) is 0. The second kappa shape index (κ2) is 5.53. The highest BCUT2D eigenvalue weighted by molar-refractivity contribution is 6.30. The van der Waals surface area contributed by atoms with E-state index in [1.54, 1.807) is 39.8 Å². The third-order valence-electron chi connectivity index (χ3n) is 3.99. The Bertz CT molecular complexity index is 679. The molecule has 22 heavy (non-hydrogen) atoms. The molecular formula is C18H19ClO3. The molecule has 0 bridgehead atoms. The summed E-state index contributed by atoms with van der Waals surface area (Å²) in [6, 6.07) is 5.39. The minimum Gasteiger partial charge on any atom is -0.354 e. The predicted octanol–water partition coefficient (Wildman–Crippen LogP) is 3.35. The van der Waals surface area contributed by atoms with Crippen LogP contribution in [0.5, 0.6) is 0 Å². The SMILES string of the molecule is Cc1cc(C#CCl)ccc1C1C(=O)C(C)(C)OC(C)(C)C1=O. The van der Waals surface area contributed by atoms with Gasteiger partial charge in [-0.3, -0.25) is 9.59 Å². The van der Waals surface area contributed by atoms with Crippen LogP contribution in [0, 0.1) is 18.2 Å². The van der Waals surface area contributed by atoms with E-state index < -0.39 is 17.1 Å². The van der Waals surface area contributed by atoms with Gasteiger partial charge in [-0.25, -0.2) is 0 Å². The molecule has 1 saturated heterocycles. The van der Waals surface area contributed by atoms with Crippen molar-refractivity contribution < 1.29 is 14.3 Å². The zero-order valence-electron chi connectivity index (χ0n) is 13.4. The molecule has 0 aliphatic carbocycles. The molecule has 116 valence electrons. The molecule has 1 heterocycles. The fourth-order valence-electron chi connectivity index (χ4n) is 2.97. The van der Waals surface area contributed by atoms with Gasteiger partial charge >= 0.3 is 0 Å². The Morgan fingerprint density at radius 3 is 2.09 bits per heavy atom. The number of aryl methyl sites for hydroxylation is 1. The van der Waals surface area contributed by atoms with Crippen LogP contribution in [0.15, 0.2) is 18.2 Å². The van der Waals surface area contributed by atoms with Gasteiger partial charge in [0, 0.05) is 10.9 Å². The lowest BCUT2D eigenvalue weighted by molar-refractivity contribution is -0.184. The lowest BCUT2D eigenvalue weighted by Crippen LogP contribution is -2.57. The molecule has 1 aliphatic heterocycles. The van der Waals surface area contributed by atoms with E-state index in [0.717, 1.165) is 11.1 Å². The summed E-state index contributed by atoms with van der Waals surface area (Å²) in [6.45, 7) is 8.70. The maximum atomic E-state index is 12.7. The molecule has 0 radical (unpaired) electrons. The first-order valence-electron chi connectivity index (χ1n) is 7.11. The molecule has 4 heteroatoms. The van der Waals surface area contributed by atoms with Crippen LogP contribution in [0.4, 0.5) is 0 Å². The van der Waals surface area contributed by atoms with Gasteiger partial charge in [0.15, 0.2) is 11.6 Å². The Morgan fingerprint density at radius 2 is 1.64 bits per heavy atom. The monoisotopic (exact) mass is 318 g/mol. The van der Waals surface area contributed by atoms with E-state index >= 15 is 0 Å². The van der Waals surface area contributed by atoms with Crippen LogP contribution >= 0.6 is 11.6 Å². The summed E-state index contributed by atoms with van der Waals surface area (Å²) in [5.74, 6) is 1.52. The number of ether oxygens (including phenoxy) is 1. The molecule has 0 aromatic heterocycles. The van der Waals surface area contributed by atoms with Crippen LogP contribution < -0.4 is 0 Å². The van der Waals surface area contributed by atoms with Gasteiger partial charge in [-0.15, -0.1) is 0 Å². The number of hydrogen-bond acceptors (Lipinski definition) is 3. The topological polar surface area (TPSA) is 43.4 Å². The molecule has 0 N–H and O–H groups in total. The average Bonchev–Trinajstić information content (AvgIpc) is 2.39. The first-order chi connectivity index (χ1) is 10.1. The highest BCUT2D eigenvalue weighted by atomic mass is 35.5. The molecule has 3 nitrogen and oxygen atoms in total. The molecule has 1 aromatic rings. The summed E-state index contributed by atoms with van der Waals surface area (Å²) < 4.78 is 5.70. The highest BCUT2D eigenvalue weighted by Gasteiger charge is 2.53. The minimum absolute atomic E-state index is 0.212. The van der Waals surface area contributed by atoms with Gasteiger partial charge in [0.1, 0.15) is 17.1 Å². The van der Waals surface area contributed by atoms with Crippen molar-refractivity contribution in [3.8, 4) is 11.3 Å². The lowest BCUT2D eigenvalue weighted by Gasteiger charge is -2.43. The normalized spacial score (nSPS) is 20.5. The molecule has 0 saturated carbocycles. The number of halogens is 1. The van der Waals surface area contributed by atoms with E-state index in [-0.39, 0.29) is 11.6 Å². The summed E-state index contributed by atoms with van der Waals surface area (Å²) >= 11 is 5.41. The number of rotatable bonds is 1. The number of Topliss-reactive ketones (excluding diaryl/α,β-unsaturated/α-hetero) is 2. The van der Waals surface area contributed by atoms with Gasteiger partial charge in [-0.2, -0.15) is 0 Å². The Morgan fingerprint density at radius 1 is 1.09 bits per heavy atom. The molecule has 0 atom stereocenters. The Hall–Kier alpha value is -1.63. The number of carbonyl (C=O) groups excluding carboxylic acids is 2. The minimum atomic E-state index is -0.997. The van der Waals surface area contributed by atoms with Gasteiger partial charge in [0.2, 0.25) is 0 Å². The largest absolute Gasteiger partial charge is 0.354 e. The van der Waals surface area contributed by atoms with Crippen molar-refractivity contribution >= 4 is 23.2 Å². The van der Waals surface area contributed by atoms with E-state index in [1.165, 1.54) is 0 Å². The molecule has 0 spiro atoms. The van der Waals surface area contributed by atoms with Crippen LogP contribution in [0.1, 0.15) is 50.3 Å². The third kappa shape index (κ3) is 2.82. The molecule has 1 aliphatic rings. The Balaban J connectivity index is 2.55. The van der Waals surface area contributed by atoms with Crippen molar-refractivity contribution in [2.45, 2.75) is 51.7 Å². The van der Waals surface area contributed by atoms with Crippen molar-refractivity contribution in [2.24, 2.45) is 0 Å². The number of ketones is 2. The van der Waals surface area contributed by atoms with Crippen molar-refractivity contribution in [1.29, 1.82) is 0 Å². The maximum Gasteiger partial charge on any atom is 0.179 e. The van der Waals surface area contributed by atoms with Crippen LogP contribution in [0.3, 0.4) is 0 Å². The van der Waals surface area contributed by atoms with Crippen molar-refractivity contribution in [1.82, 2.24) is 0 Å². The van der Waals surface area contributed by atoms with Crippen molar-refractivity contribution in [3.05, 3.63) is 34.9 Å². The van der Waals surface area contributed by atoms with Crippen molar-refractivity contribution in [2.75, 3.05) is 0 Å². The number of benzene rings is 1. The van der Waals surface area contributed by atoms with Gasteiger partial charge in [-0.1, -0.05) is 6.07 Å². The fraction of sp³-hybridized carbons (Fsp3) is 0.444. The lowest BCUT2D eigenvalue weighted by atomic mass is 9.74. The summed E-state index contributed by atoms with van der Waals surface area (Å²) in [4.78, 5) is 25.4. The summed E-state index contributed by atoms with van der Waals surface area (Å²) in [7, 11) is 0. The average molecular weight is 319 g/mol.